The Morgan fingerprint density at radius 1 is 1.38 bits per heavy atom. The molecule has 1 unspecified atom stereocenters. The van der Waals surface area contributed by atoms with Crippen molar-refractivity contribution in [2.45, 2.75) is 32.0 Å². The van der Waals surface area contributed by atoms with Crippen LogP contribution in [-0.4, -0.2) is 19.3 Å². The fraction of sp³-hybridized carbons (Fsp3) is 0.571. The van der Waals surface area contributed by atoms with Crippen LogP contribution in [0.1, 0.15) is 30.1 Å². The van der Waals surface area contributed by atoms with Crippen molar-refractivity contribution in [3.05, 3.63) is 35.4 Å². The summed E-state index contributed by atoms with van der Waals surface area (Å²) in [5, 5.41) is 0. The number of hydrogen-bond donors (Lipinski definition) is 0. The van der Waals surface area contributed by atoms with Gasteiger partial charge in [0.2, 0.25) is 0 Å². The Balaban J connectivity index is 1.73. The highest BCUT2D eigenvalue weighted by Gasteiger charge is 2.35. The molecule has 16 heavy (non-hydrogen) atoms. The Morgan fingerprint density at radius 3 is 2.75 bits per heavy atom. The molecule has 2 fully saturated rings. The van der Waals surface area contributed by atoms with Gasteiger partial charge >= 0.3 is 0 Å². The fourth-order valence-corrected chi connectivity index (χ4v) is 2.16. The zero-order valence-corrected chi connectivity index (χ0v) is 9.69. The molecule has 1 saturated carbocycles. The number of epoxide rings is 1. The second-order valence-corrected chi connectivity index (χ2v) is 4.90. The number of benzene rings is 1. The van der Waals surface area contributed by atoms with Gasteiger partial charge in [0.15, 0.2) is 0 Å². The Labute approximate surface area is 96.6 Å². The van der Waals surface area contributed by atoms with Gasteiger partial charge in [-0.2, -0.15) is 0 Å². The fourth-order valence-electron chi connectivity index (χ4n) is 2.16. The van der Waals surface area contributed by atoms with Crippen molar-refractivity contribution in [2.75, 3.05) is 13.2 Å². The lowest BCUT2D eigenvalue weighted by Crippen LogP contribution is -2.12. The first-order chi connectivity index (χ1) is 7.84. The minimum Gasteiger partial charge on any atom is -0.371 e. The molecule has 0 aromatic heterocycles. The summed E-state index contributed by atoms with van der Waals surface area (Å²) in [5.74, 6) is 0.736. The van der Waals surface area contributed by atoms with E-state index < -0.39 is 0 Å². The van der Waals surface area contributed by atoms with Crippen LogP contribution in [0.2, 0.25) is 0 Å². The lowest BCUT2D eigenvalue weighted by Gasteiger charge is -2.19. The highest BCUT2D eigenvalue weighted by atomic mass is 16.6. The van der Waals surface area contributed by atoms with E-state index in [1.54, 1.807) is 0 Å². The van der Waals surface area contributed by atoms with E-state index in [1.165, 1.54) is 24.0 Å². The lowest BCUT2D eigenvalue weighted by atomic mass is 10.00. The normalized spacial score (nSPS) is 25.4. The first kappa shape index (κ1) is 10.3. The van der Waals surface area contributed by atoms with Crippen molar-refractivity contribution in [3.8, 4) is 0 Å². The summed E-state index contributed by atoms with van der Waals surface area (Å²) in [5.41, 5.74) is 2.71. The van der Waals surface area contributed by atoms with Gasteiger partial charge in [0.05, 0.1) is 19.3 Å². The van der Waals surface area contributed by atoms with Crippen LogP contribution >= 0.6 is 0 Å². The van der Waals surface area contributed by atoms with Crippen molar-refractivity contribution in [1.29, 1.82) is 0 Å². The van der Waals surface area contributed by atoms with Gasteiger partial charge in [0, 0.05) is 0 Å². The molecule has 1 aromatic carbocycles. The van der Waals surface area contributed by atoms with Crippen LogP contribution in [0.15, 0.2) is 24.3 Å². The summed E-state index contributed by atoms with van der Waals surface area (Å²) in [6, 6.07) is 8.56. The molecule has 2 nitrogen and oxygen atoms in total. The Morgan fingerprint density at radius 2 is 2.12 bits per heavy atom. The Hall–Kier alpha value is -0.860. The van der Waals surface area contributed by atoms with Crippen molar-refractivity contribution >= 4 is 0 Å². The van der Waals surface area contributed by atoms with Crippen LogP contribution in [-0.2, 0) is 9.47 Å². The van der Waals surface area contributed by atoms with Gasteiger partial charge in [0.25, 0.3) is 0 Å². The second-order valence-electron chi connectivity index (χ2n) is 4.90. The van der Waals surface area contributed by atoms with Gasteiger partial charge in [0.1, 0.15) is 6.10 Å². The van der Waals surface area contributed by atoms with Crippen LogP contribution in [0.3, 0.4) is 0 Å². The third-order valence-electron chi connectivity index (χ3n) is 3.41. The average molecular weight is 218 g/mol. The quantitative estimate of drug-likeness (QED) is 0.709. The van der Waals surface area contributed by atoms with Gasteiger partial charge in [-0.3, -0.25) is 0 Å². The molecule has 1 saturated heterocycles. The molecule has 1 aliphatic heterocycles. The van der Waals surface area contributed by atoms with Crippen molar-refractivity contribution in [2.24, 2.45) is 5.92 Å². The summed E-state index contributed by atoms with van der Waals surface area (Å²) in [4.78, 5) is 0. The standard InChI is InChI=1S/C14H18O2/c1-10-4-2-3-5-13(10)14(11-6-7-11)16-9-12-8-15-12/h2-5,11-12,14H,6-9H2,1H3/t12-,14?/m1/s1. The van der Waals surface area contributed by atoms with Gasteiger partial charge in [-0.15, -0.1) is 0 Å². The summed E-state index contributed by atoms with van der Waals surface area (Å²) in [6.45, 7) is 3.81. The van der Waals surface area contributed by atoms with Crippen LogP contribution in [0.4, 0.5) is 0 Å². The molecule has 0 radical (unpaired) electrons. The SMILES string of the molecule is Cc1ccccc1C(OC[C@H]1CO1)C1CC1. The zero-order chi connectivity index (χ0) is 11.0. The zero-order valence-electron chi connectivity index (χ0n) is 9.69. The molecule has 2 heteroatoms. The highest BCUT2D eigenvalue weighted by molar-refractivity contribution is 5.29. The second kappa shape index (κ2) is 4.19. The maximum absolute atomic E-state index is 6.03. The maximum atomic E-state index is 6.03. The van der Waals surface area contributed by atoms with E-state index in [0.717, 1.165) is 19.1 Å². The van der Waals surface area contributed by atoms with Gasteiger partial charge in [-0.05, 0) is 36.8 Å². The minimum absolute atomic E-state index is 0.297. The lowest BCUT2D eigenvalue weighted by molar-refractivity contribution is 0.0271. The average Bonchev–Trinajstić information content (AvgIpc) is 3.15. The van der Waals surface area contributed by atoms with Crippen molar-refractivity contribution in [3.63, 3.8) is 0 Å². The van der Waals surface area contributed by atoms with Crippen LogP contribution in [0.25, 0.3) is 0 Å². The molecule has 0 spiro atoms. The van der Waals surface area contributed by atoms with Gasteiger partial charge in [-0.25, -0.2) is 0 Å². The smallest absolute Gasteiger partial charge is 0.104 e. The topological polar surface area (TPSA) is 21.8 Å². The molecule has 1 heterocycles. The number of rotatable bonds is 5. The Kier molecular flexibility index (Phi) is 2.70. The van der Waals surface area contributed by atoms with E-state index in [2.05, 4.69) is 31.2 Å². The molecule has 86 valence electrons. The van der Waals surface area contributed by atoms with Gasteiger partial charge < -0.3 is 9.47 Å². The molecule has 1 aliphatic carbocycles. The molecule has 2 atom stereocenters. The predicted molar refractivity (Wildman–Crippen MR) is 62.3 cm³/mol. The molecule has 0 amide bonds. The third kappa shape index (κ3) is 2.28. The Bertz CT molecular complexity index is 367. The first-order valence-corrected chi connectivity index (χ1v) is 6.13. The van der Waals surface area contributed by atoms with E-state index in [1.807, 2.05) is 0 Å². The number of hydrogen-bond acceptors (Lipinski definition) is 2. The first-order valence-electron chi connectivity index (χ1n) is 6.13. The van der Waals surface area contributed by atoms with Crippen LogP contribution in [0, 0.1) is 12.8 Å². The van der Waals surface area contributed by atoms with Crippen molar-refractivity contribution < 1.29 is 9.47 Å². The van der Waals surface area contributed by atoms with E-state index in [4.69, 9.17) is 9.47 Å². The molecule has 2 aliphatic rings. The molecule has 1 aromatic rings. The van der Waals surface area contributed by atoms with Crippen LogP contribution in [0.5, 0.6) is 0 Å². The van der Waals surface area contributed by atoms with Crippen molar-refractivity contribution in [1.82, 2.24) is 0 Å². The predicted octanol–water partition coefficient (Wildman–Crippen LogP) is 2.86. The summed E-state index contributed by atoms with van der Waals surface area (Å²) < 4.78 is 11.2. The van der Waals surface area contributed by atoms with Gasteiger partial charge in [-0.1, -0.05) is 24.3 Å². The van der Waals surface area contributed by atoms with E-state index >= 15 is 0 Å². The maximum Gasteiger partial charge on any atom is 0.104 e. The molecular formula is C14H18O2. The van der Waals surface area contributed by atoms with E-state index in [-0.39, 0.29) is 0 Å². The summed E-state index contributed by atoms with van der Waals surface area (Å²) in [7, 11) is 0. The number of ether oxygens (including phenoxy) is 2. The summed E-state index contributed by atoms with van der Waals surface area (Å²) >= 11 is 0. The molecule has 3 rings (SSSR count). The monoisotopic (exact) mass is 218 g/mol. The molecular weight excluding hydrogens is 200 g/mol. The largest absolute Gasteiger partial charge is 0.371 e. The van der Waals surface area contributed by atoms with Crippen LogP contribution < -0.4 is 0 Å². The van der Waals surface area contributed by atoms with E-state index in [0.29, 0.717) is 12.2 Å². The minimum atomic E-state index is 0.297. The number of aryl methyl sites for hydroxylation is 1. The highest BCUT2D eigenvalue weighted by Crippen LogP contribution is 2.44. The molecule has 0 bridgehead atoms. The molecule has 0 N–H and O–H groups in total. The third-order valence-corrected chi connectivity index (χ3v) is 3.41. The summed E-state index contributed by atoms with van der Waals surface area (Å²) in [6.07, 6.45) is 3.28. The van der Waals surface area contributed by atoms with E-state index in [9.17, 15) is 0 Å².